The number of nitrogens with zero attached hydrogens (tertiary/aromatic N) is 5. The second-order valence-corrected chi connectivity index (χ2v) is 8.15. The largest absolute Gasteiger partial charge is 0.353 e. The minimum Gasteiger partial charge on any atom is -0.353 e. The van der Waals surface area contributed by atoms with Gasteiger partial charge in [-0.15, -0.1) is 0 Å². The Hall–Kier alpha value is -2.59. The number of anilines is 1. The molecule has 1 fully saturated rings. The van der Waals surface area contributed by atoms with Crippen LogP contribution in [-0.4, -0.2) is 53.0 Å². The van der Waals surface area contributed by atoms with Crippen LogP contribution in [0.5, 0.6) is 0 Å². The molecule has 0 amide bonds. The van der Waals surface area contributed by atoms with Crippen molar-refractivity contribution >= 4 is 45.7 Å². The van der Waals surface area contributed by atoms with Crippen LogP contribution in [0.4, 0.5) is 5.82 Å². The summed E-state index contributed by atoms with van der Waals surface area (Å²) in [6.07, 6.45) is 3.90. The lowest BCUT2D eigenvalue weighted by atomic mass is 10.1. The van der Waals surface area contributed by atoms with E-state index in [1.807, 2.05) is 35.0 Å². The molecule has 0 atom stereocenters. The third kappa shape index (κ3) is 4.29. The van der Waals surface area contributed by atoms with Gasteiger partial charge in [-0.05, 0) is 12.1 Å². The first-order chi connectivity index (χ1) is 14.6. The minimum atomic E-state index is 0.0954. The van der Waals surface area contributed by atoms with Gasteiger partial charge in [0.05, 0.1) is 29.1 Å². The summed E-state index contributed by atoms with van der Waals surface area (Å²) in [5.74, 6) is 0.825. The molecule has 1 aliphatic heterocycles. The van der Waals surface area contributed by atoms with Crippen molar-refractivity contribution in [2.75, 3.05) is 37.6 Å². The maximum Gasteiger partial charge on any atom is 0.178 e. The smallest absolute Gasteiger partial charge is 0.178 e. The molecule has 3 heterocycles. The Morgan fingerprint density at radius 3 is 2.67 bits per heavy atom. The molecule has 8 heteroatoms. The summed E-state index contributed by atoms with van der Waals surface area (Å²) < 4.78 is 2.00. The number of hydrogen-bond donors (Lipinski definition) is 0. The first kappa shape index (κ1) is 20.7. The highest BCUT2D eigenvalue weighted by atomic mass is 35.5. The molecule has 30 heavy (non-hydrogen) atoms. The van der Waals surface area contributed by atoms with Crippen LogP contribution in [0, 0.1) is 11.3 Å². The predicted octanol–water partition coefficient (Wildman–Crippen LogP) is 4.26. The van der Waals surface area contributed by atoms with Crippen LogP contribution in [0.1, 0.15) is 16.8 Å². The first-order valence-electron chi connectivity index (χ1n) is 9.83. The van der Waals surface area contributed by atoms with Gasteiger partial charge in [-0.1, -0.05) is 41.4 Å². The van der Waals surface area contributed by atoms with E-state index in [0.29, 0.717) is 35.1 Å². The minimum absolute atomic E-state index is 0.0954. The highest BCUT2D eigenvalue weighted by Gasteiger charge is 2.23. The third-order valence-corrected chi connectivity index (χ3v) is 5.87. The average molecular weight is 442 g/mol. The lowest BCUT2D eigenvalue weighted by molar-refractivity contribution is 0.0927. The summed E-state index contributed by atoms with van der Waals surface area (Å²) in [5.41, 5.74) is 1.71. The molecule has 0 spiro atoms. The monoisotopic (exact) mass is 441 g/mol. The zero-order valence-corrected chi connectivity index (χ0v) is 17.9. The second kappa shape index (κ2) is 9.05. The Kier molecular flexibility index (Phi) is 6.24. The predicted molar refractivity (Wildman–Crippen MR) is 119 cm³/mol. The molecule has 0 aliphatic carbocycles. The molecular weight excluding hydrogens is 421 g/mol. The van der Waals surface area contributed by atoms with Gasteiger partial charge in [0.2, 0.25) is 0 Å². The van der Waals surface area contributed by atoms with Crippen molar-refractivity contribution in [1.29, 1.82) is 5.26 Å². The standard InChI is InChI=1S/C22H21Cl2N5O/c23-16-12-19(24)22(26-13-16)28-10-8-27(9-11-28)15-21(30)18-14-29(7-3-6-25)20-5-2-1-4-17(18)20/h1-2,4-5,12-14H,3,7-11,15H2. The van der Waals surface area contributed by atoms with Crippen molar-refractivity contribution in [3.05, 3.63) is 58.3 Å². The molecule has 4 rings (SSSR count). The van der Waals surface area contributed by atoms with Gasteiger partial charge in [0, 0.05) is 61.6 Å². The fourth-order valence-corrected chi connectivity index (χ4v) is 4.37. The van der Waals surface area contributed by atoms with Crippen molar-refractivity contribution in [2.45, 2.75) is 13.0 Å². The van der Waals surface area contributed by atoms with E-state index in [-0.39, 0.29) is 5.78 Å². The van der Waals surface area contributed by atoms with Gasteiger partial charge in [0.15, 0.2) is 5.78 Å². The van der Waals surface area contributed by atoms with Gasteiger partial charge >= 0.3 is 0 Å². The van der Waals surface area contributed by atoms with Crippen molar-refractivity contribution in [1.82, 2.24) is 14.5 Å². The second-order valence-electron chi connectivity index (χ2n) is 7.31. The van der Waals surface area contributed by atoms with Crippen LogP contribution >= 0.6 is 23.2 Å². The zero-order chi connectivity index (χ0) is 21.1. The van der Waals surface area contributed by atoms with Crippen LogP contribution in [-0.2, 0) is 6.54 Å². The van der Waals surface area contributed by atoms with Crippen molar-refractivity contribution < 1.29 is 4.79 Å². The molecule has 3 aromatic rings. The van der Waals surface area contributed by atoms with E-state index in [1.54, 1.807) is 12.3 Å². The molecule has 0 N–H and O–H groups in total. The van der Waals surface area contributed by atoms with Gasteiger partial charge < -0.3 is 9.47 Å². The van der Waals surface area contributed by atoms with Gasteiger partial charge in [-0.2, -0.15) is 5.26 Å². The number of hydrogen-bond acceptors (Lipinski definition) is 5. The van der Waals surface area contributed by atoms with E-state index in [9.17, 15) is 4.79 Å². The molecule has 0 radical (unpaired) electrons. The van der Waals surface area contributed by atoms with Gasteiger partial charge in [0.1, 0.15) is 5.82 Å². The molecule has 6 nitrogen and oxygen atoms in total. The van der Waals surface area contributed by atoms with E-state index in [4.69, 9.17) is 28.5 Å². The first-order valence-corrected chi connectivity index (χ1v) is 10.6. The highest BCUT2D eigenvalue weighted by Crippen LogP contribution is 2.27. The number of aryl methyl sites for hydroxylation is 1. The molecular formula is C22H21Cl2N5O. The van der Waals surface area contributed by atoms with Crippen molar-refractivity contribution in [3.63, 3.8) is 0 Å². The number of carbonyl (C=O) groups excluding carboxylic acids is 1. The number of rotatable bonds is 6. The maximum atomic E-state index is 13.1. The van der Waals surface area contributed by atoms with E-state index < -0.39 is 0 Å². The number of aromatic nitrogens is 2. The molecule has 1 saturated heterocycles. The highest BCUT2D eigenvalue weighted by molar-refractivity contribution is 6.36. The van der Waals surface area contributed by atoms with Crippen LogP contribution in [0.25, 0.3) is 10.9 Å². The fourth-order valence-electron chi connectivity index (χ4n) is 3.87. The molecule has 1 aromatic carbocycles. The number of ketones is 1. The summed E-state index contributed by atoms with van der Waals surface area (Å²) in [6, 6.07) is 11.7. The fraction of sp³-hybridized carbons (Fsp3) is 0.318. The lowest BCUT2D eigenvalue weighted by Crippen LogP contribution is -2.48. The molecule has 2 aromatic heterocycles. The Morgan fingerprint density at radius 1 is 1.17 bits per heavy atom. The molecule has 154 valence electrons. The van der Waals surface area contributed by atoms with E-state index in [2.05, 4.69) is 20.9 Å². The summed E-state index contributed by atoms with van der Waals surface area (Å²) in [6.45, 7) is 3.93. The van der Waals surface area contributed by atoms with Crippen molar-refractivity contribution in [2.24, 2.45) is 0 Å². The summed E-state index contributed by atoms with van der Waals surface area (Å²) in [7, 11) is 0. The van der Waals surface area contributed by atoms with E-state index >= 15 is 0 Å². The van der Waals surface area contributed by atoms with Crippen molar-refractivity contribution in [3.8, 4) is 6.07 Å². The number of piperazine rings is 1. The Labute approximate surface area is 185 Å². The number of Topliss-reactive ketones (excluding diaryl/α,β-unsaturated/α-hetero) is 1. The van der Waals surface area contributed by atoms with Gasteiger partial charge in [-0.3, -0.25) is 9.69 Å². The SMILES string of the molecule is N#CCCn1cc(C(=O)CN2CCN(c3ncc(Cl)cc3Cl)CC2)c2ccccc21. The van der Waals surface area contributed by atoms with Gasteiger partial charge in [0.25, 0.3) is 0 Å². The summed E-state index contributed by atoms with van der Waals surface area (Å²) >= 11 is 12.2. The lowest BCUT2D eigenvalue weighted by Gasteiger charge is -2.35. The maximum absolute atomic E-state index is 13.1. The quantitative estimate of drug-likeness (QED) is 0.534. The van der Waals surface area contributed by atoms with Crippen LogP contribution < -0.4 is 4.90 Å². The number of fused-ring (bicyclic) bond motifs is 1. The number of carbonyl (C=O) groups is 1. The number of nitriles is 1. The molecule has 1 aliphatic rings. The Bertz CT molecular complexity index is 1110. The molecule has 0 bridgehead atoms. The number of benzene rings is 1. The van der Waals surface area contributed by atoms with Gasteiger partial charge in [-0.25, -0.2) is 4.98 Å². The van der Waals surface area contributed by atoms with E-state index in [0.717, 1.165) is 42.9 Å². The molecule has 0 saturated carbocycles. The van der Waals surface area contributed by atoms with E-state index in [1.165, 1.54) is 0 Å². The third-order valence-electron chi connectivity index (χ3n) is 5.38. The van der Waals surface area contributed by atoms with Crippen LogP contribution in [0.15, 0.2) is 42.7 Å². The normalized spacial score (nSPS) is 14.8. The van der Waals surface area contributed by atoms with Crippen LogP contribution in [0.2, 0.25) is 10.0 Å². The summed E-state index contributed by atoms with van der Waals surface area (Å²) in [5, 5.41) is 10.9. The number of para-hydroxylation sites is 1. The number of pyridine rings is 1. The molecule has 0 unspecified atom stereocenters. The Balaban J connectivity index is 1.43. The van der Waals surface area contributed by atoms with Crippen LogP contribution in [0.3, 0.4) is 0 Å². The zero-order valence-electron chi connectivity index (χ0n) is 16.4. The average Bonchev–Trinajstić information content (AvgIpc) is 3.12. The Morgan fingerprint density at radius 2 is 1.93 bits per heavy atom. The summed E-state index contributed by atoms with van der Waals surface area (Å²) in [4.78, 5) is 21.7. The number of halogens is 2. The topological polar surface area (TPSA) is 65.2 Å².